The van der Waals surface area contributed by atoms with Crippen molar-refractivity contribution in [1.82, 2.24) is 0 Å². The van der Waals surface area contributed by atoms with Gasteiger partial charge in [0.15, 0.2) is 0 Å². The smallest absolute Gasteiger partial charge is 0.102 e. The van der Waals surface area contributed by atoms with Crippen LogP contribution in [-0.4, -0.2) is 12.7 Å². The Bertz CT molecular complexity index is 635. The molecular formula is C18H20N2. The summed E-state index contributed by atoms with van der Waals surface area (Å²) in [4.78, 5) is 5.18. The molecule has 2 nitrogen and oxygen atoms in total. The van der Waals surface area contributed by atoms with Gasteiger partial charge in [-0.15, -0.1) is 0 Å². The van der Waals surface area contributed by atoms with Crippen LogP contribution in [0.3, 0.4) is 0 Å². The van der Waals surface area contributed by atoms with E-state index in [4.69, 9.17) is 0 Å². The minimum atomic E-state index is 0.533. The maximum Gasteiger partial charge on any atom is 0.102 e. The molecule has 4 rings (SSSR count). The Labute approximate surface area is 120 Å². The number of aryl methyl sites for hydroxylation is 1. The Morgan fingerprint density at radius 3 is 2.50 bits per heavy atom. The normalized spacial score (nSPS) is 20.8. The molecule has 0 aromatic heterocycles. The van der Waals surface area contributed by atoms with Crippen LogP contribution < -0.4 is 9.80 Å². The second kappa shape index (κ2) is 4.55. The topological polar surface area (TPSA) is 6.48 Å². The molecule has 0 saturated carbocycles. The summed E-state index contributed by atoms with van der Waals surface area (Å²) < 4.78 is 0. The van der Waals surface area contributed by atoms with Crippen molar-refractivity contribution in [2.24, 2.45) is 0 Å². The molecule has 0 bridgehead atoms. The molecule has 102 valence electrons. The predicted octanol–water partition coefficient (Wildman–Crippen LogP) is 3.94. The van der Waals surface area contributed by atoms with E-state index in [1.54, 1.807) is 0 Å². The summed E-state index contributed by atoms with van der Waals surface area (Å²) in [5.41, 5.74) is 5.66. The summed E-state index contributed by atoms with van der Waals surface area (Å²) in [5.74, 6) is 0. The van der Waals surface area contributed by atoms with E-state index in [1.165, 1.54) is 41.9 Å². The fourth-order valence-electron chi connectivity index (χ4n) is 3.70. The van der Waals surface area contributed by atoms with Crippen LogP contribution in [0.4, 0.5) is 11.4 Å². The number of nitrogens with zero attached hydrogens (tertiary/aromatic N) is 2. The van der Waals surface area contributed by atoms with E-state index in [-0.39, 0.29) is 0 Å². The summed E-state index contributed by atoms with van der Waals surface area (Å²) in [5, 5.41) is 0. The molecule has 0 spiro atoms. The summed E-state index contributed by atoms with van der Waals surface area (Å²) in [7, 11) is 0. The molecule has 0 aliphatic carbocycles. The fourth-order valence-corrected chi connectivity index (χ4v) is 3.70. The third kappa shape index (κ3) is 1.71. The first-order valence-electron chi connectivity index (χ1n) is 7.51. The van der Waals surface area contributed by atoms with E-state index < -0.39 is 0 Å². The van der Waals surface area contributed by atoms with Crippen LogP contribution in [0, 0.1) is 6.92 Å². The van der Waals surface area contributed by atoms with Gasteiger partial charge in [0, 0.05) is 24.5 Å². The molecular weight excluding hydrogens is 244 g/mol. The lowest BCUT2D eigenvalue weighted by Crippen LogP contribution is -2.48. The largest absolute Gasteiger partial charge is 0.351 e. The van der Waals surface area contributed by atoms with Crippen LogP contribution in [0.15, 0.2) is 48.5 Å². The molecule has 1 fully saturated rings. The van der Waals surface area contributed by atoms with E-state index in [0.717, 1.165) is 6.54 Å². The van der Waals surface area contributed by atoms with Gasteiger partial charge in [0.1, 0.15) is 6.17 Å². The molecule has 1 unspecified atom stereocenters. The zero-order valence-corrected chi connectivity index (χ0v) is 11.9. The highest BCUT2D eigenvalue weighted by Crippen LogP contribution is 2.39. The second-order valence-corrected chi connectivity index (χ2v) is 5.86. The monoisotopic (exact) mass is 264 g/mol. The van der Waals surface area contributed by atoms with E-state index in [9.17, 15) is 0 Å². The summed E-state index contributed by atoms with van der Waals surface area (Å²) in [6, 6.07) is 17.6. The van der Waals surface area contributed by atoms with Gasteiger partial charge in [-0.3, -0.25) is 0 Å². The average molecular weight is 264 g/mol. The quantitative estimate of drug-likeness (QED) is 0.769. The maximum atomic E-state index is 2.59. The molecule has 2 aromatic rings. The third-order valence-corrected chi connectivity index (χ3v) is 4.65. The predicted molar refractivity (Wildman–Crippen MR) is 84.2 cm³/mol. The molecule has 2 aliphatic rings. The molecule has 0 amide bonds. The molecule has 0 N–H and O–H groups in total. The number of rotatable bonds is 1. The maximum absolute atomic E-state index is 2.59. The van der Waals surface area contributed by atoms with E-state index in [2.05, 4.69) is 65.3 Å². The fraction of sp³-hybridized carbons (Fsp3) is 0.333. The van der Waals surface area contributed by atoms with Crippen molar-refractivity contribution >= 4 is 11.4 Å². The Hall–Kier alpha value is -1.96. The van der Waals surface area contributed by atoms with Crippen molar-refractivity contribution < 1.29 is 0 Å². The lowest BCUT2D eigenvalue weighted by atomic mass is 10.0. The molecule has 2 heteroatoms. The highest BCUT2D eigenvalue weighted by molar-refractivity contribution is 5.65. The van der Waals surface area contributed by atoms with Crippen molar-refractivity contribution in [2.45, 2.75) is 32.5 Å². The first-order chi connectivity index (χ1) is 9.84. The van der Waals surface area contributed by atoms with E-state index >= 15 is 0 Å². The first kappa shape index (κ1) is 11.8. The Kier molecular flexibility index (Phi) is 2.69. The minimum absolute atomic E-state index is 0.533. The number of hydrogen-bond donors (Lipinski definition) is 0. The second-order valence-electron chi connectivity index (χ2n) is 5.86. The first-order valence-corrected chi connectivity index (χ1v) is 7.51. The number of anilines is 2. The molecule has 2 aliphatic heterocycles. The molecule has 2 heterocycles. The van der Waals surface area contributed by atoms with Gasteiger partial charge in [-0.2, -0.15) is 0 Å². The van der Waals surface area contributed by atoms with Crippen molar-refractivity contribution in [1.29, 1.82) is 0 Å². The summed E-state index contributed by atoms with van der Waals surface area (Å²) in [6.07, 6.45) is 3.09. The van der Waals surface area contributed by atoms with E-state index in [1.807, 2.05) is 0 Å². The van der Waals surface area contributed by atoms with Crippen LogP contribution in [0.1, 0.15) is 24.0 Å². The number of benzene rings is 2. The van der Waals surface area contributed by atoms with Gasteiger partial charge in [0.05, 0.1) is 0 Å². The van der Waals surface area contributed by atoms with Crippen molar-refractivity contribution in [2.75, 3.05) is 16.3 Å². The molecule has 0 radical (unpaired) electrons. The highest BCUT2D eigenvalue weighted by Gasteiger charge is 2.35. The van der Waals surface area contributed by atoms with Gasteiger partial charge < -0.3 is 9.80 Å². The third-order valence-electron chi connectivity index (χ3n) is 4.65. The Morgan fingerprint density at radius 1 is 0.900 bits per heavy atom. The number of fused-ring (bicyclic) bond motifs is 3. The van der Waals surface area contributed by atoms with Gasteiger partial charge in [-0.1, -0.05) is 36.4 Å². The molecule has 1 saturated heterocycles. The summed E-state index contributed by atoms with van der Waals surface area (Å²) in [6.45, 7) is 4.43. The lowest BCUT2D eigenvalue weighted by Gasteiger charge is -2.44. The van der Waals surface area contributed by atoms with Gasteiger partial charge >= 0.3 is 0 Å². The van der Waals surface area contributed by atoms with Gasteiger partial charge in [0.2, 0.25) is 0 Å². The van der Waals surface area contributed by atoms with Crippen molar-refractivity contribution in [3.05, 3.63) is 59.7 Å². The molecule has 1 atom stereocenters. The van der Waals surface area contributed by atoms with Crippen molar-refractivity contribution in [3.8, 4) is 0 Å². The SMILES string of the molecule is Cc1ccccc1N1Cc2ccccc2N2CCCC12. The number of para-hydroxylation sites is 2. The average Bonchev–Trinajstić information content (AvgIpc) is 2.97. The van der Waals surface area contributed by atoms with Crippen LogP contribution in [0.25, 0.3) is 0 Å². The minimum Gasteiger partial charge on any atom is -0.351 e. The van der Waals surface area contributed by atoms with Crippen LogP contribution in [-0.2, 0) is 6.54 Å². The summed E-state index contributed by atoms with van der Waals surface area (Å²) >= 11 is 0. The van der Waals surface area contributed by atoms with E-state index in [0.29, 0.717) is 6.17 Å². The highest BCUT2D eigenvalue weighted by atomic mass is 15.4. The van der Waals surface area contributed by atoms with Gasteiger partial charge in [0.25, 0.3) is 0 Å². The Balaban J connectivity index is 1.81. The Morgan fingerprint density at radius 2 is 1.65 bits per heavy atom. The standard InChI is InChI=1S/C18H20N2/c1-14-7-2-4-9-16(14)20-13-15-8-3-5-10-17(15)19-12-6-11-18(19)20/h2-5,7-10,18H,6,11-13H2,1H3. The zero-order chi connectivity index (χ0) is 13.5. The molecule has 20 heavy (non-hydrogen) atoms. The lowest BCUT2D eigenvalue weighted by molar-refractivity contribution is 0.580. The van der Waals surface area contributed by atoms with Crippen molar-refractivity contribution in [3.63, 3.8) is 0 Å². The van der Waals surface area contributed by atoms with Gasteiger partial charge in [-0.25, -0.2) is 0 Å². The van der Waals surface area contributed by atoms with Crippen LogP contribution >= 0.6 is 0 Å². The van der Waals surface area contributed by atoms with Crippen LogP contribution in [0.2, 0.25) is 0 Å². The van der Waals surface area contributed by atoms with Gasteiger partial charge in [-0.05, 0) is 43.0 Å². The number of hydrogen-bond acceptors (Lipinski definition) is 2. The zero-order valence-electron chi connectivity index (χ0n) is 11.9. The van der Waals surface area contributed by atoms with Crippen LogP contribution in [0.5, 0.6) is 0 Å². The molecule has 2 aromatic carbocycles.